The second kappa shape index (κ2) is 11.7. The van der Waals surface area contributed by atoms with Crippen molar-refractivity contribution in [3.8, 4) is 0 Å². The number of unbranched alkanes of at least 4 members (excludes halogenated alkanes) is 2. The molecule has 0 saturated carbocycles. The summed E-state index contributed by atoms with van der Waals surface area (Å²) in [6, 6.07) is 16.7. The highest BCUT2D eigenvalue weighted by Crippen LogP contribution is 2.12. The molecule has 5 heteroatoms. The van der Waals surface area contributed by atoms with Gasteiger partial charge in [0.05, 0.1) is 5.71 Å². The zero-order valence-electron chi connectivity index (χ0n) is 16.7. The Morgan fingerprint density at radius 1 is 0.821 bits per heavy atom. The Morgan fingerprint density at radius 2 is 1.54 bits per heavy atom. The van der Waals surface area contributed by atoms with Crippen LogP contribution in [0.15, 0.2) is 59.7 Å². The highest BCUT2D eigenvalue weighted by atomic mass is 16.2. The predicted octanol–water partition coefficient (Wildman–Crippen LogP) is 5.14. The van der Waals surface area contributed by atoms with Gasteiger partial charge in [0.15, 0.2) is 0 Å². The first kappa shape index (κ1) is 21.4. The lowest BCUT2D eigenvalue weighted by atomic mass is 10.0. The molecule has 0 aliphatic heterocycles. The Hall–Kier alpha value is -2.95. The third kappa shape index (κ3) is 6.99. The summed E-state index contributed by atoms with van der Waals surface area (Å²) in [4.78, 5) is 24.1. The van der Waals surface area contributed by atoms with E-state index in [4.69, 9.17) is 0 Å². The number of amides is 2. The summed E-state index contributed by atoms with van der Waals surface area (Å²) in [7, 11) is 0. The normalized spacial score (nSPS) is 11.1. The van der Waals surface area contributed by atoms with Crippen LogP contribution in [0.1, 0.15) is 68.3 Å². The Balaban J connectivity index is 2.03. The van der Waals surface area contributed by atoms with Crippen LogP contribution in [0.4, 0.5) is 5.69 Å². The Labute approximate surface area is 167 Å². The number of hydrogen-bond acceptors (Lipinski definition) is 3. The SMILES string of the molecule is CCCCC/C(=N\NC(=O)c1ccc(NC(=O)CCC)cc1)c1ccccc1. The fourth-order valence-electron chi connectivity index (χ4n) is 2.78. The molecule has 28 heavy (non-hydrogen) atoms. The van der Waals surface area contributed by atoms with E-state index in [2.05, 4.69) is 22.8 Å². The van der Waals surface area contributed by atoms with Crippen molar-refractivity contribution >= 4 is 23.2 Å². The number of hydrogen-bond donors (Lipinski definition) is 2. The number of nitrogens with zero attached hydrogens (tertiary/aromatic N) is 1. The molecule has 0 fully saturated rings. The summed E-state index contributed by atoms with van der Waals surface area (Å²) < 4.78 is 0. The van der Waals surface area contributed by atoms with Crippen molar-refractivity contribution in [1.29, 1.82) is 0 Å². The van der Waals surface area contributed by atoms with Crippen molar-refractivity contribution in [2.75, 3.05) is 5.32 Å². The van der Waals surface area contributed by atoms with Crippen LogP contribution < -0.4 is 10.7 Å². The number of benzene rings is 2. The third-order valence-electron chi connectivity index (χ3n) is 4.32. The summed E-state index contributed by atoms with van der Waals surface area (Å²) in [5.41, 5.74) is 5.75. The van der Waals surface area contributed by atoms with Crippen molar-refractivity contribution in [3.05, 3.63) is 65.7 Å². The van der Waals surface area contributed by atoms with Crippen LogP contribution in [-0.4, -0.2) is 17.5 Å². The van der Waals surface area contributed by atoms with Crippen molar-refractivity contribution in [1.82, 2.24) is 5.43 Å². The van der Waals surface area contributed by atoms with Crippen LogP contribution in [0.2, 0.25) is 0 Å². The highest BCUT2D eigenvalue weighted by Gasteiger charge is 2.08. The van der Waals surface area contributed by atoms with Gasteiger partial charge in [-0.1, -0.05) is 57.0 Å². The summed E-state index contributed by atoms with van der Waals surface area (Å²) >= 11 is 0. The standard InChI is InChI=1S/C23H29N3O2/c1-3-5-7-13-21(18-11-8-6-9-12-18)25-26-23(28)19-14-16-20(17-15-19)24-22(27)10-4-2/h6,8-9,11-12,14-17H,3-5,7,10,13H2,1-2H3,(H,24,27)(H,26,28)/b25-21+. The molecule has 0 saturated heterocycles. The van der Waals surface area contributed by atoms with E-state index in [0.29, 0.717) is 17.7 Å². The molecule has 0 spiro atoms. The monoisotopic (exact) mass is 379 g/mol. The van der Waals surface area contributed by atoms with Gasteiger partial charge in [-0.3, -0.25) is 9.59 Å². The fourth-order valence-corrected chi connectivity index (χ4v) is 2.78. The van der Waals surface area contributed by atoms with E-state index in [1.807, 2.05) is 37.3 Å². The quantitative estimate of drug-likeness (QED) is 0.341. The predicted molar refractivity (Wildman–Crippen MR) is 115 cm³/mol. The van der Waals surface area contributed by atoms with Crippen molar-refractivity contribution < 1.29 is 9.59 Å². The van der Waals surface area contributed by atoms with E-state index in [-0.39, 0.29) is 11.8 Å². The number of carbonyl (C=O) groups excluding carboxylic acids is 2. The van der Waals surface area contributed by atoms with Crippen LogP contribution in [0.25, 0.3) is 0 Å². The molecule has 0 bridgehead atoms. The Morgan fingerprint density at radius 3 is 2.18 bits per heavy atom. The molecule has 2 amide bonds. The molecule has 0 radical (unpaired) electrons. The topological polar surface area (TPSA) is 70.6 Å². The van der Waals surface area contributed by atoms with Gasteiger partial charge >= 0.3 is 0 Å². The molecular formula is C23H29N3O2. The van der Waals surface area contributed by atoms with Gasteiger partial charge in [-0.25, -0.2) is 5.43 Å². The molecular weight excluding hydrogens is 350 g/mol. The molecule has 2 N–H and O–H groups in total. The van der Waals surface area contributed by atoms with Crippen LogP contribution >= 0.6 is 0 Å². The largest absolute Gasteiger partial charge is 0.326 e. The zero-order chi connectivity index (χ0) is 20.2. The van der Waals surface area contributed by atoms with Crippen molar-refractivity contribution in [2.24, 2.45) is 5.10 Å². The molecule has 0 unspecified atom stereocenters. The van der Waals surface area contributed by atoms with Gasteiger partial charge < -0.3 is 5.32 Å². The molecule has 0 heterocycles. The van der Waals surface area contributed by atoms with Crippen LogP contribution in [0.3, 0.4) is 0 Å². The maximum Gasteiger partial charge on any atom is 0.271 e. The van der Waals surface area contributed by atoms with Gasteiger partial charge in [0.1, 0.15) is 0 Å². The van der Waals surface area contributed by atoms with E-state index in [1.165, 1.54) is 0 Å². The first-order valence-electron chi connectivity index (χ1n) is 9.96. The lowest BCUT2D eigenvalue weighted by Crippen LogP contribution is -2.20. The first-order valence-corrected chi connectivity index (χ1v) is 9.96. The van der Waals surface area contributed by atoms with Gasteiger partial charge in [0.25, 0.3) is 5.91 Å². The smallest absolute Gasteiger partial charge is 0.271 e. The molecule has 0 aromatic heterocycles. The van der Waals surface area contributed by atoms with E-state index in [0.717, 1.165) is 43.4 Å². The molecule has 0 aliphatic rings. The third-order valence-corrected chi connectivity index (χ3v) is 4.32. The van der Waals surface area contributed by atoms with E-state index < -0.39 is 0 Å². The van der Waals surface area contributed by atoms with Gasteiger partial charge in [0, 0.05) is 17.7 Å². The second-order valence-corrected chi connectivity index (χ2v) is 6.70. The maximum atomic E-state index is 12.4. The first-order chi connectivity index (χ1) is 13.6. The Bertz CT molecular complexity index is 783. The molecule has 2 aromatic carbocycles. The lowest BCUT2D eigenvalue weighted by Gasteiger charge is -2.08. The minimum atomic E-state index is -0.268. The maximum absolute atomic E-state index is 12.4. The Kier molecular flexibility index (Phi) is 8.92. The average molecular weight is 380 g/mol. The van der Waals surface area contributed by atoms with Crippen LogP contribution in [0.5, 0.6) is 0 Å². The molecule has 0 aliphatic carbocycles. The molecule has 2 aromatic rings. The lowest BCUT2D eigenvalue weighted by molar-refractivity contribution is -0.116. The number of anilines is 1. The summed E-state index contributed by atoms with van der Waals surface area (Å²) in [5.74, 6) is -0.292. The summed E-state index contributed by atoms with van der Waals surface area (Å²) in [6.07, 6.45) is 5.40. The number of hydrazone groups is 1. The second-order valence-electron chi connectivity index (χ2n) is 6.70. The van der Waals surface area contributed by atoms with Gasteiger partial charge in [0.2, 0.25) is 5.91 Å². The number of rotatable bonds is 10. The summed E-state index contributed by atoms with van der Waals surface area (Å²) in [6.45, 7) is 4.12. The minimum absolute atomic E-state index is 0.0242. The van der Waals surface area contributed by atoms with Crippen molar-refractivity contribution in [2.45, 2.75) is 52.4 Å². The van der Waals surface area contributed by atoms with E-state index >= 15 is 0 Å². The molecule has 2 rings (SSSR count). The van der Waals surface area contributed by atoms with Crippen molar-refractivity contribution in [3.63, 3.8) is 0 Å². The van der Waals surface area contributed by atoms with Gasteiger partial charge in [-0.2, -0.15) is 5.10 Å². The molecule has 0 atom stereocenters. The van der Waals surface area contributed by atoms with Gasteiger partial charge in [-0.05, 0) is 49.1 Å². The number of nitrogens with one attached hydrogen (secondary N) is 2. The zero-order valence-corrected chi connectivity index (χ0v) is 16.7. The highest BCUT2D eigenvalue weighted by molar-refractivity contribution is 6.02. The molecule has 148 valence electrons. The minimum Gasteiger partial charge on any atom is -0.326 e. The van der Waals surface area contributed by atoms with Crippen LogP contribution in [0, 0.1) is 0 Å². The van der Waals surface area contributed by atoms with E-state index in [9.17, 15) is 9.59 Å². The summed E-state index contributed by atoms with van der Waals surface area (Å²) in [5, 5.41) is 7.20. The number of carbonyl (C=O) groups is 2. The van der Waals surface area contributed by atoms with Gasteiger partial charge in [-0.15, -0.1) is 0 Å². The van der Waals surface area contributed by atoms with Crippen LogP contribution in [-0.2, 0) is 4.79 Å². The average Bonchev–Trinajstić information content (AvgIpc) is 2.71. The fraction of sp³-hybridized carbons (Fsp3) is 0.348. The molecule has 5 nitrogen and oxygen atoms in total. The van der Waals surface area contributed by atoms with E-state index in [1.54, 1.807) is 24.3 Å².